The van der Waals surface area contributed by atoms with Crippen molar-refractivity contribution in [1.29, 1.82) is 0 Å². The van der Waals surface area contributed by atoms with E-state index in [4.69, 9.17) is 0 Å². The third kappa shape index (κ3) is 5.04. The summed E-state index contributed by atoms with van der Waals surface area (Å²) in [6.45, 7) is 0. The second-order valence-corrected chi connectivity index (χ2v) is 13.4. The number of nitrogens with zero attached hydrogens (tertiary/aromatic N) is 2. The summed E-state index contributed by atoms with van der Waals surface area (Å²) in [5.41, 5.74) is 11.8. The second kappa shape index (κ2) is 12.5. The highest BCUT2D eigenvalue weighted by atomic mass is 15.1. The van der Waals surface area contributed by atoms with E-state index in [1.165, 1.54) is 65.6 Å². The van der Waals surface area contributed by atoms with Crippen LogP contribution in [0.15, 0.2) is 206 Å². The quantitative estimate of drug-likeness (QED) is 0.172. The molecular weight excluding hydrogens is 629 g/mol. The van der Waals surface area contributed by atoms with Crippen LogP contribution in [0.1, 0.15) is 0 Å². The van der Waals surface area contributed by atoms with Crippen molar-refractivity contribution >= 4 is 60.4 Å². The first-order valence-corrected chi connectivity index (χ1v) is 17.9. The van der Waals surface area contributed by atoms with Crippen LogP contribution in [-0.4, -0.2) is 4.57 Å². The lowest BCUT2D eigenvalue weighted by Crippen LogP contribution is -2.10. The Bertz CT molecular complexity index is 2870. The van der Waals surface area contributed by atoms with Gasteiger partial charge >= 0.3 is 0 Å². The van der Waals surface area contributed by atoms with Gasteiger partial charge in [0.2, 0.25) is 0 Å². The predicted molar refractivity (Wildman–Crippen MR) is 221 cm³/mol. The molecule has 0 aliphatic heterocycles. The number of benzene rings is 9. The third-order valence-corrected chi connectivity index (χ3v) is 10.4. The van der Waals surface area contributed by atoms with Crippen molar-refractivity contribution in [3.63, 3.8) is 0 Å². The molecule has 1 aromatic heterocycles. The van der Waals surface area contributed by atoms with Crippen LogP contribution in [0.3, 0.4) is 0 Å². The van der Waals surface area contributed by atoms with E-state index in [1.807, 2.05) is 0 Å². The topological polar surface area (TPSA) is 8.17 Å². The van der Waals surface area contributed by atoms with Crippen LogP contribution in [0, 0.1) is 0 Å². The van der Waals surface area contributed by atoms with Crippen molar-refractivity contribution in [3.05, 3.63) is 206 Å². The van der Waals surface area contributed by atoms with Crippen molar-refractivity contribution in [2.24, 2.45) is 0 Å². The van der Waals surface area contributed by atoms with E-state index in [0.717, 1.165) is 22.7 Å². The van der Waals surface area contributed by atoms with Gasteiger partial charge in [-0.05, 0) is 99.1 Å². The molecule has 244 valence electrons. The Hall–Kier alpha value is -6.90. The fourth-order valence-electron chi connectivity index (χ4n) is 7.89. The summed E-state index contributed by atoms with van der Waals surface area (Å²) in [7, 11) is 0. The molecule has 2 nitrogen and oxygen atoms in total. The summed E-state index contributed by atoms with van der Waals surface area (Å²) in [6, 6.07) is 74.6. The molecule has 0 aliphatic carbocycles. The van der Waals surface area contributed by atoms with E-state index in [-0.39, 0.29) is 0 Å². The van der Waals surface area contributed by atoms with E-state index >= 15 is 0 Å². The summed E-state index contributed by atoms with van der Waals surface area (Å²) in [4.78, 5) is 2.37. The number of hydrogen-bond acceptors (Lipinski definition) is 1. The molecule has 1 heterocycles. The van der Waals surface area contributed by atoms with Gasteiger partial charge in [0.05, 0.1) is 16.7 Å². The van der Waals surface area contributed by atoms with E-state index in [9.17, 15) is 0 Å². The van der Waals surface area contributed by atoms with Gasteiger partial charge in [0, 0.05) is 33.2 Å². The fourth-order valence-corrected chi connectivity index (χ4v) is 7.89. The average molecular weight is 663 g/mol. The summed E-state index contributed by atoms with van der Waals surface area (Å²) in [5.74, 6) is 0. The highest BCUT2D eigenvalue weighted by Gasteiger charge is 2.18. The highest BCUT2D eigenvalue weighted by Crippen LogP contribution is 2.43. The van der Waals surface area contributed by atoms with Crippen LogP contribution < -0.4 is 4.90 Å². The molecule has 0 saturated carbocycles. The maximum absolute atomic E-state index is 2.41. The number of anilines is 3. The Morgan fingerprint density at radius 2 is 0.885 bits per heavy atom. The molecule has 9 aromatic carbocycles. The summed E-state index contributed by atoms with van der Waals surface area (Å²) in [5, 5.41) is 7.48. The lowest BCUT2D eigenvalue weighted by Gasteiger charge is -2.27. The standard InChI is InChI=1S/C50H34N2/c1-3-13-35(14-4-1)36-23-27-41(28-24-36)51(40-17-5-2-6-18-40)49-32-31-43(44-19-9-10-20-45(44)49)37-25-29-42(30-26-37)52-48-22-12-11-21-46(48)47-33-38-15-7-8-16-39(38)34-50(47)52/h1-34H. The first kappa shape index (κ1) is 30.0. The number of fused-ring (bicyclic) bond motifs is 5. The van der Waals surface area contributed by atoms with Gasteiger partial charge in [0.1, 0.15) is 0 Å². The molecule has 0 amide bonds. The maximum Gasteiger partial charge on any atom is 0.0547 e. The highest BCUT2D eigenvalue weighted by molar-refractivity contribution is 6.13. The molecule has 52 heavy (non-hydrogen) atoms. The van der Waals surface area contributed by atoms with Gasteiger partial charge in [-0.15, -0.1) is 0 Å². The average Bonchev–Trinajstić information content (AvgIpc) is 3.54. The van der Waals surface area contributed by atoms with Crippen molar-refractivity contribution < 1.29 is 0 Å². The molecule has 0 fully saturated rings. The Morgan fingerprint density at radius 3 is 1.63 bits per heavy atom. The van der Waals surface area contributed by atoms with E-state index < -0.39 is 0 Å². The first-order valence-electron chi connectivity index (χ1n) is 17.9. The lowest BCUT2D eigenvalue weighted by molar-refractivity contribution is 1.18. The molecule has 0 N–H and O–H groups in total. The third-order valence-electron chi connectivity index (χ3n) is 10.4. The first-order chi connectivity index (χ1) is 25.8. The van der Waals surface area contributed by atoms with Crippen LogP contribution in [0.25, 0.3) is 71.3 Å². The molecule has 0 bridgehead atoms. The molecular formula is C50H34N2. The smallest absolute Gasteiger partial charge is 0.0547 e. The monoisotopic (exact) mass is 662 g/mol. The number of rotatable bonds is 6. The van der Waals surface area contributed by atoms with Crippen LogP contribution in [-0.2, 0) is 0 Å². The zero-order valence-electron chi connectivity index (χ0n) is 28.5. The molecule has 0 radical (unpaired) electrons. The molecule has 0 unspecified atom stereocenters. The van der Waals surface area contributed by atoms with Crippen LogP contribution in [0.4, 0.5) is 17.1 Å². The maximum atomic E-state index is 2.41. The largest absolute Gasteiger partial charge is 0.310 e. The molecule has 0 atom stereocenters. The van der Waals surface area contributed by atoms with Gasteiger partial charge < -0.3 is 9.47 Å². The minimum absolute atomic E-state index is 1.12. The van der Waals surface area contributed by atoms with Crippen molar-refractivity contribution in [3.8, 4) is 27.9 Å². The van der Waals surface area contributed by atoms with Gasteiger partial charge in [0.25, 0.3) is 0 Å². The Morgan fingerprint density at radius 1 is 0.327 bits per heavy atom. The predicted octanol–water partition coefficient (Wildman–Crippen LogP) is 13.9. The van der Waals surface area contributed by atoms with Crippen molar-refractivity contribution in [2.45, 2.75) is 0 Å². The number of aromatic nitrogens is 1. The van der Waals surface area contributed by atoms with Gasteiger partial charge in [-0.2, -0.15) is 0 Å². The minimum Gasteiger partial charge on any atom is -0.310 e. The van der Waals surface area contributed by atoms with Gasteiger partial charge in [-0.3, -0.25) is 0 Å². The summed E-state index contributed by atoms with van der Waals surface area (Å²) in [6.07, 6.45) is 0. The van der Waals surface area contributed by atoms with Crippen LogP contribution in [0.2, 0.25) is 0 Å². The Kier molecular flexibility index (Phi) is 7.18. The van der Waals surface area contributed by atoms with E-state index in [2.05, 4.69) is 216 Å². The molecule has 0 saturated heterocycles. The summed E-state index contributed by atoms with van der Waals surface area (Å²) >= 11 is 0. The normalized spacial score (nSPS) is 11.5. The fraction of sp³-hybridized carbons (Fsp3) is 0. The molecule has 0 aliphatic rings. The van der Waals surface area contributed by atoms with E-state index in [0.29, 0.717) is 0 Å². The van der Waals surface area contributed by atoms with Crippen LogP contribution >= 0.6 is 0 Å². The van der Waals surface area contributed by atoms with Gasteiger partial charge in [-0.25, -0.2) is 0 Å². The van der Waals surface area contributed by atoms with Crippen LogP contribution in [0.5, 0.6) is 0 Å². The van der Waals surface area contributed by atoms with Crippen molar-refractivity contribution in [2.75, 3.05) is 4.90 Å². The van der Waals surface area contributed by atoms with Crippen molar-refractivity contribution in [1.82, 2.24) is 4.57 Å². The van der Waals surface area contributed by atoms with E-state index in [1.54, 1.807) is 0 Å². The Labute approximate surface area is 303 Å². The van der Waals surface area contributed by atoms with Gasteiger partial charge in [0.15, 0.2) is 0 Å². The molecule has 10 aromatic rings. The molecule has 2 heteroatoms. The minimum atomic E-state index is 1.12. The number of hydrogen-bond donors (Lipinski definition) is 0. The number of para-hydroxylation sites is 2. The zero-order chi connectivity index (χ0) is 34.4. The lowest BCUT2D eigenvalue weighted by atomic mass is 9.96. The molecule has 10 rings (SSSR count). The Balaban J connectivity index is 1.08. The SMILES string of the molecule is c1ccc(-c2ccc(N(c3ccccc3)c3ccc(-c4ccc(-n5c6ccccc6c6cc7ccccc7cc65)cc4)c4ccccc34)cc2)cc1. The molecule has 0 spiro atoms. The van der Waals surface area contributed by atoms with Gasteiger partial charge in [-0.1, -0.05) is 146 Å². The summed E-state index contributed by atoms with van der Waals surface area (Å²) < 4.78 is 2.41. The zero-order valence-corrected chi connectivity index (χ0v) is 28.5. The second-order valence-electron chi connectivity index (χ2n) is 13.4.